The first kappa shape index (κ1) is 8.86. The number of hydrogen-bond acceptors (Lipinski definition) is 1. The van der Waals surface area contributed by atoms with Gasteiger partial charge in [0.1, 0.15) is 5.76 Å². The van der Waals surface area contributed by atoms with Gasteiger partial charge in [0.15, 0.2) is 0 Å². The number of hydrogen-bond donors (Lipinski definition) is 0. The maximum Gasteiger partial charge on any atom is 0.113 e. The van der Waals surface area contributed by atoms with E-state index in [9.17, 15) is 0 Å². The van der Waals surface area contributed by atoms with Crippen LogP contribution in [0.3, 0.4) is 0 Å². The van der Waals surface area contributed by atoms with Crippen molar-refractivity contribution in [3.05, 3.63) is 23.7 Å². The summed E-state index contributed by atoms with van der Waals surface area (Å²) in [6.07, 6.45) is 4.31. The van der Waals surface area contributed by atoms with Crippen molar-refractivity contribution in [2.24, 2.45) is 0 Å². The Labute approximate surface area is 80.1 Å². The van der Waals surface area contributed by atoms with E-state index in [1.165, 1.54) is 24.2 Å². The van der Waals surface area contributed by atoms with Gasteiger partial charge in [-0.15, -0.1) is 0 Å². The monoisotopic (exact) mass is 178 g/mol. The number of fused-ring (bicyclic) bond motifs is 1. The van der Waals surface area contributed by atoms with Crippen molar-refractivity contribution in [3.8, 4) is 0 Å². The maximum absolute atomic E-state index is 5.61. The molecule has 13 heavy (non-hydrogen) atoms. The molecule has 0 atom stereocenters. The standard InChI is InChI=1S/C12H18O/c1-11(2)6-7-12(3,4)10-9(11)5-8-13-10/h5,8H,6-7H2,1-4H3. The third-order valence-electron chi connectivity index (χ3n) is 3.38. The molecule has 0 spiro atoms. The van der Waals surface area contributed by atoms with Crippen LogP contribution in [0.15, 0.2) is 16.7 Å². The van der Waals surface area contributed by atoms with Crippen LogP contribution in [0.2, 0.25) is 0 Å². The van der Waals surface area contributed by atoms with Crippen LogP contribution in [0.1, 0.15) is 51.9 Å². The van der Waals surface area contributed by atoms with E-state index in [2.05, 4.69) is 33.8 Å². The van der Waals surface area contributed by atoms with Crippen molar-refractivity contribution in [1.82, 2.24) is 0 Å². The SMILES string of the molecule is CC1(C)CCC(C)(C)c2occc21. The predicted octanol–water partition coefficient (Wildman–Crippen LogP) is 3.63. The number of furan rings is 1. The first-order chi connectivity index (χ1) is 5.93. The first-order valence-electron chi connectivity index (χ1n) is 5.02. The van der Waals surface area contributed by atoms with Crippen LogP contribution in [0.25, 0.3) is 0 Å². The molecular weight excluding hydrogens is 160 g/mol. The quantitative estimate of drug-likeness (QED) is 0.591. The van der Waals surface area contributed by atoms with Gasteiger partial charge in [0, 0.05) is 5.41 Å². The maximum atomic E-state index is 5.61. The fourth-order valence-electron chi connectivity index (χ4n) is 2.24. The lowest BCUT2D eigenvalue weighted by Gasteiger charge is -2.37. The summed E-state index contributed by atoms with van der Waals surface area (Å²) >= 11 is 0. The fourth-order valence-corrected chi connectivity index (χ4v) is 2.24. The highest BCUT2D eigenvalue weighted by molar-refractivity contribution is 5.34. The van der Waals surface area contributed by atoms with Gasteiger partial charge in [-0.25, -0.2) is 0 Å². The Bertz CT molecular complexity index is 287. The molecule has 0 fully saturated rings. The molecular formula is C12H18O. The molecule has 0 saturated carbocycles. The summed E-state index contributed by atoms with van der Waals surface area (Å²) in [4.78, 5) is 0. The molecule has 1 heteroatoms. The Hall–Kier alpha value is -0.720. The van der Waals surface area contributed by atoms with Crippen LogP contribution >= 0.6 is 0 Å². The van der Waals surface area contributed by atoms with Gasteiger partial charge in [-0.05, 0) is 29.9 Å². The Kier molecular flexibility index (Phi) is 1.64. The van der Waals surface area contributed by atoms with E-state index < -0.39 is 0 Å². The molecule has 1 aliphatic carbocycles. The smallest absolute Gasteiger partial charge is 0.113 e. The highest BCUT2D eigenvalue weighted by atomic mass is 16.3. The Morgan fingerprint density at radius 3 is 2.31 bits per heavy atom. The van der Waals surface area contributed by atoms with E-state index in [4.69, 9.17) is 4.42 Å². The minimum absolute atomic E-state index is 0.231. The summed E-state index contributed by atoms with van der Waals surface area (Å²) in [5.41, 5.74) is 1.94. The van der Waals surface area contributed by atoms with Crippen molar-refractivity contribution in [2.75, 3.05) is 0 Å². The second kappa shape index (κ2) is 2.40. The van der Waals surface area contributed by atoms with Crippen molar-refractivity contribution in [1.29, 1.82) is 0 Å². The average molecular weight is 178 g/mol. The molecule has 1 heterocycles. The minimum atomic E-state index is 0.231. The topological polar surface area (TPSA) is 13.1 Å². The van der Waals surface area contributed by atoms with Crippen LogP contribution in [-0.2, 0) is 10.8 Å². The average Bonchev–Trinajstić information content (AvgIpc) is 2.48. The van der Waals surface area contributed by atoms with E-state index in [0.717, 1.165) is 0 Å². The van der Waals surface area contributed by atoms with Gasteiger partial charge in [0.05, 0.1) is 6.26 Å². The lowest BCUT2D eigenvalue weighted by Crippen LogP contribution is -2.32. The Morgan fingerprint density at radius 1 is 1.08 bits per heavy atom. The van der Waals surface area contributed by atoms with Gasteiger partial charge < -0.3 is 4.42 Å². The zero-order chi connectivity index (χ0) is 9.69. The predicted molar refractivity (Wildman–Crippen MR) is 54.0 cm³/mol. The highest BCUT2D eigenvalue weighted by Crippen LogP contribution is 2.45. The minimum Gasteiger partial charge on any atom is -0.468 e. The van der Waals surface area contributed by atoms with Gasteiger partial charge in [0.25, 0.3) is 0 Å². The van der Waals surface area contributed by atoms with E-state index in [0.29, 0.717) is 5.41 Å². The molecule has 0 bridgehead atoms. The second-order valence-electron chi connectivity index (χ2n) is 5.43. The molecule has 0 aliphatic heterocycles. The van der Waals surface area contributed by atoms with Crippen LogP contribution in [-0.4, -0.2) is 0 Å². The summed E-state index contributed by atoms with van der Waals surface area (Å²) < 4.78 is 5.61. The van der Waals surface area contributed by atoms with E-state index in [1.54, 1.807) is 0 Å². The second-order valence-corrected chi connectivity index (χ2v) is 5.43. The molecule has 0 aromatic carbocycles. The molecule has 0 amide bonds. The van der Waals surface area contributed by atoms with Gasteiger partial charge >= 0.3 is 0 Å². The zero-order valence-corrected chi connectivity index (χ0v) is 8.98. The van der Waals surface area contributed by atoms with Crippen molar-refractivity contribution in [3.63, 3.8) is 0 Å². The van der Waals surface area contributed by atoms with Gasteiger partial charge in [0.2, 0.25) is 0 Å². The van der Waals surface area contributed by atoms with Crippen LogP contribution in [0.4, 0.5) is 0 Å². The molecule has 1 nitrogen and oxygen atoms in total. The van der Waals surface area contributed by atoms with Gasteiger partial charge in [-0.3, -0.25) is 0 Å². The fraction of sp³-hybridized carbons (Fsp3) is 0.667. The molecule has 0 unspecified atom stereocenters. The Balaban J connectivity index is 2.56. The van der Waals surface area contributed by atoms with E-state index in [-0.39, 0.29) is 5.41 Å². The molecule has 72 valence electrons. The largest absolute Gasteiger partial charge is 0.468 e. The lowest BCUT2D eigenvalue weighted by molar-refractivity contribution is 0.278. The highest BCUT2D eigenvalue weighted by Gasteiger charge is 2.39. The van der Waals surface area contributed by atoms with Crippen molar-refractivity contribution >= 4 is 0 Å². The summed E-state index contributed by atoms with van der Waals surface area (Å²) in [7, 11) is 0. The molecule has 0 N–H and O–H groups in total. The van der Waals surface area contributed by atoms with Crippen LogP contribution in [0.5, 0.6) is 0 Å². The van der Waals surface area contributed by atoms with Crippen LogP contribution < -0.4 is 0 Å². The molecule has 1 aliphatic rings. The summed E-state index contributed by atoms with van der Waals surface area (Å²) in [6, 6.07) is 2.14. The lowest BCUT2D eigenvalue weighted by atomic mass is 9.66. The molecule has 2 rings (SSSR count). The summed E-state index contributed by atoms with van der Waals surface area (Å²) in [6.45, 7) is 9.14. The van der Waals surface area contributed by atoms with Crippen molar-refractivity contribution in [2.45, 2.75) is 51.4 Å². The van der Waals surface area contributed by atoms with Crippen molar-refractivity contribution < 1.29 is 4.42 Å². The molecule has 0 saturated heterocycles. The molecule has 1 aromatic heterocycles. The van der Waals surface area contributed by atoms with Crippen LogP contribution in [0, 0.1) is 0 Å². The summed E-state index contributed by atoms with van der Waals surface area (Å²) in [5, 5.41) is 0. The molecule has 1 aromatic rings. The third kappa shape index (κ3) is 1.21. The third-order valence-corrected chi connectivity index (χ3v) is 3.38. The number of rotatable bonds is 0. The normalized spacial score (nSPS) is 24.0. The first-order valence-corrected chi connectivity index (χ1v) is 5.02. The zero-order valence-electron chi connectivity index (χ0n) is 8.98. The summed E-state index contributed by atoms with van der Waals surface area (Å²) in [5.74, 6) is 1.20. The van der Waals surface area contributed by atoms with Gasteiger partial charge in [-0.2, -0.15) is 0 Å². The molecule has 0 radical (unpaired) electrons. The Morgan fingerprint density at radius 2 is 1.69 bits per heavy atom. The van der Waals surface area contributed by atoms with E-state index in [1.807, 2.05) is 6.26 Å². The van der Waals surface area contributed by atoms with Gasteiger partial charge in [-0.1, -0.05) is 27.7 Å². The van der Waals surface area contributed by atoms with E-state index >= 15 is 0 Å².